The van der Waals surface area contributed by atoms with Crippen molar-refractivity contribution < 1.29 is 4.79 Å². The Balaban J connectivity index is 2.43. The van der Waals surface area contributed by atoms with E-state index in [1.807, 2.05) is 0 Å². The van der Waals surface area contributed by atoms with Gasteiger partial charge in [0.15, 0.2) is 0 Å². The molecule has 1 aliphatic rings. The number of likely N-dealkylation sites (tertiary alicyclic amines) is 1. The van der Waals surface area contributed by atoms with Crippen LogP contribution in [0.15, 0.2) is 0 Å². The summed E-state index contributed by atoms with van der Waals surface area (Å²) >= 11 is 0. The van der Waals surface area contributed by atoms with E-state index in [0.29, 0.717) is 18.6 Å². The minimum absolute atomic E-state index is 0.140. The quantitative estimate of drug-likeness (QED) is 0.759. The monoisotopic (exact) mass is 297 g/mol. The molecule has 21 heavy (non-hydrogen) atoms. The number of piperidine rings is 1. The van der Waals surface area contributed by atoms with Gasteiger partial charge in [0.25, 0.3) is 0 Å². The first-order valence-corrected chi connectivity index (χ1v) is 8.60. The highest BCUT2D eigenvalue weighted by atomic mass is 16.2. The first kappa shape index (κ1) is 18.4. The van der Waals surface area contributed by atoms with Crippen LogP contribution in [0.5, 0.6) is 0 Å². The van der Waals surface area contributed by atoms with Crippen molar-refractivity contribution in [1.82, 2.24) is 15.5 Å². The summed E-state index contributed by atoms with van der Waals surface area (Å²) in [4.78, 5) is 14.5. The van der Waals surface area contributed by atoms with Crippen LogP contribution in [0.3, 0.4) is 0 Å². The van der Waals surface area contributed by atoms with Crippen molar-refractivity contribution in [1.29, 1.82) is 0 Å². The molecule has 1 amide bonds. The van der Waals surface area contributed by atoms with Gasteiger partial charge in [-0.1, -0.05) is 19.8 Å². The van der Waals surface area contributed by atoms with Crippen LogP contribution in [-0.4, -0.2) is 48.1 Å². The molecule has 124 valence electrons. The molecule has 2 atom stereocenters. The minimum Gasteiger partial charge on any atom is -0.353 e. The Morgan fingerprint density at radius 1 is 1.33 bits per heavy atom. The van der Waals surface area contributed by atoms with Crippen LogP contribution < -0.4 is 10.6 Å². The van der Waals surface area contributed by atoms with E-state index >= 15 is 0 Å². The first-order valence-electron chi connectivity index (χ1n) is 8.60. The molecule has 1 heterocycles. The average molecular weight is 297 g/mol. The van der Waals surface area contributed by atoms with Crippen molar-refractivity contribution in [2.45, 2.75) is 84.3 Å². The zero-order valence-electron chi connectivity index (χ0n) is 14.7. The maximum Gasteiger partial charge on any atom is 0.234 e. The van der Waals surface area contributed by atoms with E-state index in [1.165, 1.54) is 19.3 Å². The lowest BCUT2D eigenvalue weighted by Crippen LogP contribution is -2.52. The lowest BCUT2D eigenvalue weighted by atomic mass is 10.0. The second kappa shape index (κ2) is 8.74. The highest BCUT2D eigenvalue weighted by molar-refractivity contribution is 5.78. The second-order valence-electron chi connectivity index (χ2n) is 7.51. The predicted octanol–water partition coefficient (Wildman–Crippen LogP) is 2.53. The van der Waals surface area contributed by atoms with E-state index in [0.717, 1.165) is 25.9 Å². The summed E-state index contributed by atoms with van der Waals surface area (Å²) in [5.41, 5.74) is 0.140. The summed E-state index contributed by atoms with van der Waals surface area (Å²) in [5.74, 6) is 0.179. The van der Waals surface area contributed by atoms with Crippen LogP contribution in [0, 0.1) is 0 Å². The van der Waals surface area contributed by atoms with Crippen LogP contribution >= 0.6 is 0 Å². The van der Waals surface area contributed by atoms with Crippen molar-refractivity contribution in [2.75, 3.05) is 19.6 Å². The molecule has 4 heteroatoms. The van der Waals surface area contributed by atoms with E-state index in [-0.39, 0.29) is 11.4 Å². The van der Waals surface area contributed by atoms with E-state index in [2.05, 4.69) is 50.2 Å². The molecule has 2 unspecified atom stereocenters. The summed E-state index contributed by atoms with van der Waals surface area (Å²) in [6.07, 6.45) is 5.86. The standard InChI is InChI=1S/C17H35N3O/c1-6-9-14(2)19-16(21)13-20-11-8-7-10-15(20)12-18-17(3,4)5/h14-15,18H,6-13H2,1-5H3,(H,19,21). The van der Waals surface area contributed by atoms with Crippen LogP contribution in [0.25, 0.3) is 0 Å². The van der Waals surface area contributed by atoms with Gasteiger partial charge >= 0.3 is 0 Å². The number of carbonyl (C=O) groups is 1. The van der Waals surface area contributed by atoms with Gasteiger partial charge in [0.1, 0.15) is 0 Å². The first-order chi connectivity index (χ1) is 9.81. The van der Waals surface area contributed by atoms with Gasteiger partial charge in [-0.2, -0.15) is 0 Å². The van der Waals surface area contributed by atoms with E-state index in [9.17, 15) is 4.79 Å². The van der Waals surface area contributed by atoms with Crippen molar-refractivity contribution in [3.8, 4) is 0 Å². The number of carbonyl (C=O) groups excluding carboxylic acids is 1. The van der Waals surface area contributed by atoms with Gasteiger partial charge in [-0.25, -0.2) is 0 Å². The maximum atomic E-state index is 12.2. The molecule has 0 spiro atoms. The molecule has 1 rings (SSSR count). The van der Waals surface area contributed by atoms with Gasteiger partial charge in [-0.05, 0) is 53.5 Å². The van der Waals surface area contributed by atoms with Crippen LogP contribution in [-0.2, 0) is 4.79 Å². The van der Waals surface area contributed by atoms with Crippen LogP contribution in [0.4, 0.5) is 0 Å². The maximum absolute atomic E-state index is 12.2. The van der Waals surface area contributed by atoms with E-state index in [1.54, 1.807) is 0 Å². The van der Waals surface area contributed by atoms with Crippen molar-refractivity contribution in [3.05, 3.63) is 0 Å². The van der Waals surface area contributed by atoms with Gasteiger partial charge in [0, 0.05) is 24.2 Å². The molecule has 0 aliphatic carbocycles. The molecule has 1 fully saturated rings. The molecule has 4 nitrogen and oxygen atoms in total. The summed E-state index contributed by atoms with van der Waals surface area (Å²) in [6.45, 7) is 13.4. The zero-order valence-corrected chi connectivity index (χ0v) is 14.7. The Hall–Kier alpha value is -0.610. The van der Waals surface area contributed by atoms with Crippen molar-refractivity contribution in [3.63, 3.8) is 0 Å². The van der Waals surface area contributed by atoms with Gasteiger partial charge in [0.2, 0.25) is 5.91 Å². The molecule has 0 bridgehead atoms. The molecule has 0 aromatic heterocycles. The summed E-state index contributed by atoms with van der Waals surface area (Å²) in [6, 6.07) is 0.781. The number of hydrogen-bond donors (Lipinski definition) is 2. The smallest absolute Gasteiger partial charge is 0.234 e. The van der Waals surface area contributed by atoms with Gasteiger partial charge in [-0.15, -0.1) is 0 Å². The van der Waals surface area contributed by atoms with Gasteiger partial charge in [-0.3, -0.25) is 9.69 Å². The summed E-state index contributed by atoms with van der Waals surface area (Å²) < 4.78 is 0. The number of nitrogens with zero attached hydrogens (tertiary/aromatic N) is 1. The Morgan fingerprint density at radius 3 is 2.67 bits per heavy atom. The predicted molar refractivity (Wildman–Crippen MR) is 89.5 cm³/mol. The Morgan fingerprint density at radius 2 is 2.05 bits per heavy atom. The highest BCUT2D eigenvalue weighted by Crippen LogP contribution is 2.17. The largest absolute Gasteiger partial charge is 0.353 e. The Labute approximate surface area is 131 Å². The van der Waals surface area contributed by atoms with Crippen LogP contribution in [0.2, 0.25) is 0 Å². The Kier molecular flexibility index (Phi) is 7.67. The fraction of sp³-hybridized carbons (Fsp3) is 0.941. The summed E-state index contributed by atoms with van der Waals surface area (Å²) in [7, 11) is 0. The number of rotatable bonds is 7. The molecule has 0 aromatic carbocycles. The van der Waals surface area contributed by atoms with Gasteiger partial charge in [0.05, 0.1) is 6.54 Å². The van der Waals surface area contributed by atoms with E-state index < -0.39 is 0 Å². The fourth-order valence-electron chi connectivity index (χ4n) is 2.93. The van der Waals surface area contributed by atoms with Crippen molar-refractivity contribution in [2.24, 2.45) is 0 Å². The molecule has 0 radical (unpaired) electrons. The van der Waals surface area contributed by atoms with Crippen molar-refractivity contribution >= 4 is 5.91 Å². The number of amides is 1. The molecular weight excluding hydrogens is 262 g/mol. The van der Waals surface area contributed by atoms with Gasteiger partial charge < -0.3 is 10.6 Å². The molecule has 1 aliphatic heterocycles. The number of hydrogen-bond acceptors (Lipinski definition) is 3. The average Bonchev–Trinajstić information content (AvgIpc) is 2.36. The minimum atomic E-state index is 0.140. The lowest BCUT2D eigenvalue weighted by molar-refractivity contribution is -0.123. The normalized spacial score (nSPS) is 22.0. The SMILES string of the molecule is CCCC(C)NC(=O)CN1CCCCC1CNC(C)(C)C. The lowest BCUT2D eigenvalue weighted by Gasteiger charge is -2.37. The summed E-state index contributed by atoms with van der Waals surface area (Å²) in [5, 5.41) is 6.70. The fourth-order valence-corrected chi connectivity index (χ4v) is 2.93. The molecule has 0 saturated carbocycles. The van der Waals surface area contributed by atoms with E-state index in [4.69, 9.17) is 0 Å². The zero-order chi connectivity index (χ0) is 15.9. The molecule has 0 aromatic rings. The van der Waals surface area contributed by atoms with Crippen LogP contribution in [0.1, 0.15) is 66.7 Å². The third-order valence-electron chi connectivity index (χ3n) is 4.09. The topological polar surface area (TPSA) is 44.4 Å². The highest BCUT2D eigenvalue weighted by Gasteiger charge is 2.25. The Bertz CT molecular complexity index is 312. The third-order valence-corrected chi connectivity index (χ3v) is 4.09. The number of nitrogens with one attached hydrogen (secondary N) is 2. The molecule has 2 N–H and O–H groups in total. The second-order valence-corrected chi connectivity index (χ2v) is 7.51. The molecule has 1 saturated heterocycles. The third kappa shape index (κ3) is 7.82. The molecular formula is C17H35N3O.